The van der Waals surface area contributed by atoms with Gasteiger partial charge in [0, 0.05) is 52.4 Å². The van der Waals surface area contributed by atoms with Crippen molar-refractivity contribution in [1.29, 1.82) is 0 Å². The Balaban J connectivity index is -0.000000316. The molecule has 8 unspecified atom stereocenters. The summed E-state index contributed by atoms with van der Waals surface area (Å²) in [5, 5.41) is 0. The SMILES string of the molecule is CCCCC(CC)CN(CC(CC)CCCC)C(=S)[S-].CCCCC(CC)CN(CC(CC)CCCC)C(=S)[S-].CCCCC(CC)CN(CC(CC)CCCC)C(=S)[S-].CCCCC(CC)CN(CC(CC)CCCC)C(=S)[S-].[Ti+4]. The summed E-state index contributed by atoms with van der Waals surface area (Å²) in [6.07, 6.45) is 41.2. The third-order valence-electron chi connectivity index (χ3n) is 17.2. The van der Waals surface area contributed by atoms with Gasteiger partial charge in [0.2, 0.25) is 0 Å². The Morgan fingerprint density at radius 2 is 0.333 bits per heavy atom. The van der Waals surface area contributed by atoms with E-state index in [1.807, 2.05) is 0 Å². The van der Waals surface area contributed by atoms with Crippen LogP contribution in [0.3, 0.4) is 0 Å². The molecule has 0 N–H and O–H groups in total. The van der Waals surface area contributed by atoms with E-state index < -0.39 is 0 Å². The van der Waals surface area contributed by atoms with Gasteiger partial charge in [0.05, 0.1) is 0 Å². The van der Waals surface area contributed by atoms with Gasteiger partial charge in [0.15, 0.2) is 0 Å². The van der Waals surface area contributed by atoms with Crippen LogP contribution in [0.4, 0.5) is 0 Å². The summed E-state index contributed by atoms with van der Waals surface area (Å²) in [5.41, 5.74) is 0. The van der Waals surface area contributed by atoms with Crippen molar-refractivity contribution in [2.45, 2.75) is 316 Å². The molecule has 0 spiro atoms. The van der Waals surface area contributed by atoms with Crippen molar-refractivity contribution in [3.05, 3.63) is 0 Å². The third-order valence-corrected chi connectivity index (χ3v) is 19.3. The van der Waals surface area contributed by atoms with Crippen molar-refractivity contribution < 1.29 is 21.7 Å². The van der Waals surface area contributed by atoms with E-state index in [4.69, 9.17) is 99.4 Å². The Bertz CT molecular complexity index is 1110. The van der Waals surface area contributed by atoms with Gasteiger partial charge in [-0.2, -0.15) is 0 Å². The predicted molar refractivity (Wildman–Crippen MR) is 393 cm³/mol. The molecule has 0 bridgehead atoms. The van der Waals surface area contributed by atoms with E-state index in [0.29, 0.717) is 17.3 Å². The zero-order valence-corrected chi connectivity index (χ0v) is 64.6. The summed E-state index contributed by atoms with van der Waals surface area (Å²) in [6.45, 7) is 45.0. The third kappa shape index (κ3) is 53.9. The second kappa shape index (κ2) is 65.6. The molecule has 480 valence electrons. The first-order chi connectivity index (χ1) is 38.3. The molecule has 0 rings (SSSR count). The number of hydrogen-bond donors (Lipinski definition) is 0. The van der Waals surface area contributed by atoms with E-state index in [9.17, 15) is 0 Å². The largest absolute Gasteiger partial charge is 4.00 e. The van der Waals surface area contributed by atoms with Crippen LogP contribution >= 0.6 is 48.9 Å². The Morgan fingerprint density at radius 3 is 0.395 bits per heavy atom. The molecule has 0 radical (unpaired) electrons. The maximum absolute atomic E-state index is 5.32. The standard InChI is InChI=1S/4C17H35NS2.Ti/c4*1-5-9-11-15(7-3)13-18(17(19)20)14-16(8-4)12-10-6-2;/h4*15-16H,5-14H2,1-4H3,(H,19,20);/q;;;;+4/p-4. The summed E-state index contributed by atoms with van der Waals surface area (Å²) in [4.78, 5) is 9.22. The molecule has 13 heteroatoms. The molecule has 0 saturated carbocycles. The maximum atomic E-state index is 5.32. The molecule has 0 aromatic rings. The van der Waals surface area contributed by atoms with Crippen LogP contribution in [0.25, 0.3) is 0 Å². The Hall–Kier alpha value is 1.15. The van der Waals surface area contributed by atoms with Gasteiger partial charge in [-0.15, -0.1) is 0 Å². The van der Waals surface area contributed by atoms with Crippen LogP contribution in [-0.4, -0.2) is 89.2 Å². The zero-order chi connectivity index (χ0) is 61.5. The van der Waals surface area contributed by atoms with E-state index >= 15 is 0 Å². The molecule has 0 heterocycles. The Labute approximate surface area is 568 Å². The van der Waals surface area contributed by atoms with Crippen molar-refractivity contribution in [2.24, 2.45) is 47.3 Å². The number of nitrogens with zero attached hydrogens (tertiary/aromatic N) is 4. The van der Waals surface area contributed by atoms with E-state index in [2.05, 4.69) is 130 Å². The molecule has 4 nitrogen and oxygen atoms in total. The molecule has 0 saturated heterocycles. The summed E-state index contributed by atoms with van der Waals surface area (Å²) in [5.74, 6) is 6.00. The zero-order valence-electron chi connectivity index (χ0n) is 56.5. The minimum absolute atomic E-state index is 0. The topological polar surface area (TPSA) is 13.0 Å². The molecular formula is C68H136N4S8Ti. The first-order valence-electron chi connectivity index (χ1n) is 34.2. The second-order valence-electron chi connectivity index (χ2n) is 24.0. The summed E-state index contributed by atoms with van der Waals surface area (Å²) >= 11 is 42.5. The fourth-order valence-electron chi connectivity index (χ4n) is 10.7. The average molecular weight is 1310 g/mol. The molecule has 0 fully saturated rings. The molecule has 0 aliphatic carbocycles. The van der Waals surface area contributed by atoms with Crippen molar-refractivity contribution in [1.82, 2.24) is 19.6 Å². The molecule has 0 aliphatic heterocycles. The van der Waals surface area contributed by atoms with Crippen LogP contribution in [0, 0.1) is 47.3 Å². The van der Waals surface area contributed by atoms with Gasteiger partial charge in [-0.25, -0.2) is 0 Å². The van der Waals surface area contributed by atoms with Crippen molar-refractivity contribution >= 4 is 117 Å². The minimum atomic E-state index is 0. The summed E-state index contributed by atoms with van der Waals surface area (Å²) in [7, 11) is 0. The maximum Gasteiger partial charge on any atom is 4.00 e. The van der Waals surface area contributed by atoms with E-state index in [1.165, 1.54) is 205 Å². The fourth-order valence-corrected chi connectivity index (χ4v) is 11.9. The van der Waals surface area contributed by atoms with Crippen molar-refractivity contribution in [3.8, 4) is 0 Å². The summed E-state index contributed by atoms with van der Waals surface area (Å²) < 4.78 is 2.70. The van der Waals surface area contributed by atoms with Crippen LogP contribution in [0.1, 0.15) is 316 Å². The minimum Gasteiger partial charge on any atom is -0.411 e. The smallest absolute Gasteiger partial charge is 0.411 e. The van der Waals surface area contributed by atoms with Crippen LogP contribution in [0.15, 0.2) is 0 Å². The van der Waals surface area contributed by atoms with Gasteiger partial charge in [0.25, 0.3) is 0 Å². The predicted octanol–water partition coefficient (Wildman–Crippen LogP) is 22.2. The fraction of sp³-hybridized carbons (Fsp3) is 0.941. The van der Waals surface area contributed by atoms with E-state index in [-0.39, 0.29) is 21.7 Å². The number of unbranched alkanes of at least 4 members (excludes halogenated alkanes) is 8. The Kier molecular flexibility index (Phi) is 73.6. The molecule has 8 atom stereocenters. The van der Waals surface area contributed by atoms with Gasteiger partial charge in [-0.05, 0) is 98.7 Å². The molecule has 0 amide bonds. The first kappa shape index (κ1) is 90.9. The Morgan fingerprint density at radius 1 is 0.235 bits per heavy atom. The van der Waals surface area contributed by atoms with Gasteiger partial charge < -0.3 is 119 Å². The normalized spacial score (nSPS) is 13.8. The average Bonchev–Trinajstić information content (AvgIpc) is 3.45. The van der Waals surface area contributed by atoms with Gasteiger partial charge >= 0.3 is 21.7 Å². The number of hydrogen-bond acceptors (Lipinski definition) is 8. The molecular weight excluding hydrogens is 1180 g/mol. The quantitative estimate of drug-likeness (QED) is 0.0327. The number of thiocarbonyl (C=S) groups is 4. The van der Waals surface area contributed by atoms with Crippen molar-refractivity contribution in [2.75, 3.05) is 52.4 Å². The number of rotatable bonds is 48. The first-order valence-corrected chi connectivity index (χ1v) is 37.4. The van der Waals surface area contributed by atoms with Crippen LogP contribution < -0.4 is 0 Å². The monoisotopic (exact) mass is 1310 g/mol. The van der Waals surface area contributed by atoms with Crippen LogP contribution in [0.2, 0.25) is 0 Å². The second-order valence-corrected chi connectivity index (χ2v) is 28.1. The van der Waals surface area contributed by atoms with Crippen LogP contribution in [-0.2, 0) is 72.2 Å². The van der Waals surface area contributed by atoms with E-state index in [1.54, 1.807) is 0 Å². The van der Waals surface area contributed by atoms with Crippen LogP contribution in [0.5, 0.6) is 0 Å². The summed E-state index contributed by atoms with van der Waals surface area (Å²) in [6, 6.07) is 0. The van der Waals surface area contributed by atoms with Crippen molar-refractivity contribution in [3.63, 3.8) is 0 Å². The molecule has 81 heavy (non-hydrogen) atoms. The van der Waals surface area contributed by atoms with E-state index in [0.717, 1.165) is 99.7 Å². The molecule has 0 aromatic carbocycles. The van der Waals surface area contributed by atoms with Gasteiger partial charge in [-0.3, -0.25) is 0 Å². The van der Waals surface area contributed by atoms with Gasteiger partial charge in [0.1, 0.15) is 0 Å². The molecule has 0 aliphatic rings. The molecule has 0 aromatic heterocycles. The van der Waals surface area contributed by atoms with Gasteiger partial charge in [-0.1, -0.05) is 282 Å².